The molecule has 9 rings (SSSR count). The third-order valence-electron chi connectivity index (χ3n) is 9.87. The number of benzene rings is 9. The average molecular weight is 650 g/mol. The summed E-state index contributed by atoms with van der Waals surface area (Å²) < 4.78 is 0. The Bertz CT molecular complexity index is 2570. The molecule has 0 aliphatic heterocycles. The van der Waals surface area contributed by atoms with Gasteiger partial charge in [0.2, 0.25) is 0 Å². The van der Waals surface area contributed by atoms with Crippen molar-refractivity contribution in [2.75, 3.05) is 4.90 Å². The highest BCUT2D eigenvalue weighted by Gasteiger charge is 2.14. The summed E-state index contributed by atoms with van der Waals surface area (Å²) in [5.41, 5.74) is 13.1. The van der Waals surface area contributed by atoms with Gasteiger partial charge in [-0.1, -0.05) is 164 Å². The molecule has 1 heteroatoms. The number of anilines is 3. The minimum absolute atomic E-state index is 1.11. The fourth-order valence-corrected chi connectivity index (χ4v) is 7.26. The van der Waals surface area contributed by atoms with Crippen LogP contribution in [0.2, 0.25) is 0 Å². The Balaban J connectivity index is 1.06. The maximum atomic E-state index is 2.36. The van der Waals surface area contributed by atoms with Crippen LogP contribution in [0.5, 0.6) is 0 Å². The lowest BCUT2D eigenvalue weighted by molar-refractivity contribution is 1.28. The summed E-state index contributed by atoms with van der Waals surface area (Å²) >= 11 is 0. The molecule has 0 saturated heterocycles. The summed E-state index contributed by atoms with van der Waals surface area (Å²) in [6, 6.07) is 76.5. The van der Waals surface area contributed by atoms with Gasteiger partial charge in [-0.05, 0) is 115 Å². The molecule has 0 saturated carbocycles. The lowest BCUT2D eigenvalue weighted by Gasteiger charge is -2.26. The lowest BCUT2D eigenvalue weighted by atomic mass is 9.91. The smallest absolute Gasteiger partial charge is 0.0462 e. The largest absolute Gasteiger partial charge is 0.311 e. The zero-order valence-corrected chi connectivity index (χ0v) is 28.2. The van der Waals surface area contributed by atoms with E-state index in [1.165, 1.54) is 66.1 Å². The van der Waals surface area contributed by atoms with Gasteiger partial charge in [0.05, 0.1) is 0 Å². The van der Waals surface area contributed by atoms with E-state index >= 15 is 0 Å². The van der Waals surface area contributed by atoms with Crippen LogP contribution < -0.4 is 4.90 Å². The van der Waals surface area contributed by atoms with Crippen LogP contribution in [0.15, 0.2) is 212 Å². The van der Waals surface area contributed by atoms with Gasteiger partial charge in [0, 0.05) is 17.1 Å². The van der Waals surface area contributed by atoms with E-state index in [1.54, 1.807) is 0 Å². The average Bonchev–Trinajstić information content (AvgIpc) is 3.22. The normalized spacial score (nSPS) is 11.1. The Morgan fingerprint density at radius 2 is 0.647 bits per heavy atom. The lowest BCUT2D eigenvalue weighted by Crippen LogP contribution is -2.09. The molecule has 0 atom stereocenters. The zero-order valence-electron chi connectivity index (χ0n) is 28.2. The summed E-state index contributed by atoms with van der Waals surface area (Å²) in [7, 11) is 0. The van der Waals surface area contributed by atoms with E-state index in [1.807, 2.05) is 0 Å². The molecule has 0 aliphatic carbocycles. The SMILES string of the molecule is c1ccc(-c2ccc(-c3ccc(N(c4ccccc4)c4ccc(-c5ccc6c(c5)c(-c5ccccc5)cc5ccccc56)cc4)cc3)cc2)cc1. The molecule has 0 aliphatic rings. The monoisotopic (exact) mass is 649 g/mol. The van der Waals surface area contributed by atoms with Gasteiger partial charge in [-0.15, -0.1) is 0 Å². The van der Waals surface area contributed by atoms with Crippen LogP contribution in [0.3, 0.4) is 0 Å². The highest BCUT2D eigenvalue weighted by molar-refractivity contribution is 6.14. The van der Waals surface area contributed by atoms with E-state index in [0.29, 0.717) is 0 Å². The summed E-state index contributed by atoms with van der Waals surface area (Å²) in [6.45, 7) is 0. The first-order valence-electron chi connectivity index (χ1n) is 17.5. The van der Waals surface area contributed by atoms with Gasteiger partial charge in [0.25, 0.3) is 0 Å². The quantitative estimate of drug-likeness (QED) is 0.155. The van der Waals surface area contributed by atoms with Gasteiger partial charge in [-0.3, -0.25) is 0 Å². The van der Waals surface area contributed by atoms with Gasteiger partial charge in [-0.25, -0.2) is 0 Å². The highest BCUT2D eigenvalue weighted by atomic mass is 15.1. The van der Waals surface area contributed by atoms with Crippen molar-refractivity contribution in [3.05, 3.63) is 212 Å². The van der Waals surface area contributed by atoms with Gasteiger partial charge in [-0.2, -0.15) is 0 Å². The molecule has 0 aromatic heterocycles. The molecular formula is C50H35N. The number of hydrogen-bond donors (Lipinski definition) is 0. The molecule has 0 fully saturated rings. The van der Waals surface area contributed by atoms with E-state index in [-0.39, 0.29) is 0 Å². The summed E-state index contributed by atoms with van der Waals surface area (Å²) in [5, 5.41) is 5.08. The maximum Gasteiger partial charge on any atom is 0.0462 e. The number of nitrogens with zero attached hydrogens (tertiary/aromatic N) is 1. The van der Waals surface area contributed by atoms with Crippen LogP contribution in [-0.2, 0) is 0 Å². The first-order chi connectivity index (χ1) is 25.3. The Kier molecular flexibility index (Phi) is 7.92. The summed E-state index contributed by atoms with van der Waals surface area (Å²) in [6.07, 6.45) is 0. The van der Waals surface area contributed by atoms with E-state index < -0.39 is 0 Å². The second-order valence-electron chi connectivity index (χ2n) is 13.0. The fraction of sp³-hybridized carbons (Fsp3) is 0. The van der Waals surface area contributed by atoms with E-state index in [9.17, 15) is 0 Å². The van der Waals surface area contributed by atoms with Crippen LogP contribution in [0.4, 0.5) is 17.1 Å². The third-order valence-corrected chi connectivity index (χ3v) is 9.87. The van der Waals surface area contributed by atoms with Gasteiger partial charge in [0.1, 0.15) is 0 Å². The van der Waals surface area contributed by atoms with Crippen LogP contribution in [-0.4, -0.2) is 0 Å². The van der Waals surface area contributed by atoms with Gasteiger partial charge >= 0.3 is 0 Å². The molecule has 0 amide bonds. The van der Waals surface area contributed by atoms with Crippen LogP contribution in [0, 0.1) is 0 Å². The van der Waals surface area contributed by atoms with E-state index in [0.717, 1.165) is 17.1 Å². The molecule has 0 spiro atoms. The summed E-state index contributed by atoms with van der Waals surface area (Å²) in [4.78, 5) is 2.33. The fourth-order valence-electron chi connectivity index (χ4n) is 7.26. The number of para-hydroxylation sites is 1. The van der Waals surface area contributed by atoms with Crippen molar-refractivity contribution >= 4 is 38.6 Å². The van der Waals surface area contributed by atoms with Gasteiger partial charge < -0.3 is 4.90 Å². The maximum absolute atomic E-state index is 2.36. The van der Waals surface area contributed by atoms with Crippen molar-refractivity contribution in [1.29, 1.82) is 0 Å². The molecule has 0 N–H and O–H groups in total. The number of rotatable bonds is 7. The molecule has 0 heterocycles. The molecule has 240 valence electrons. The topological polar surface area (TPSA) is 3.24 Å². The molecule has 9 aromatic carbocycles. The predicted molar refractivity (Wildman–Crippen MR) is 218 cm³/mol. The van der Waals surface area contributed by atoms with Crippen molar-refractivity contribution in [2.45, 2.75) is 0 Å². The van der Waals surface area contributed by atoms with Crippen molar-refractivity contribution in [1.82, 2.24) is 0 Å². The number of fused-ring (bicyclic) bond motifs is 3. The number of hydrogen-bond acceptors (Lipinski definition) is 1. The van der Waals surface area contributed by atoms with Crippen LogP contribution >= 0.6 is 0 Å². The van der Waals surface area contributed by atoms with E-state index in [4.69, 9.17) is 0 Å². The second kappa shape index (κ2) is 13.3. The molecule has 0 bridgehead atoms. The molecule has 9 aromatic rings. The standard InChI is InChI=1S/C50H35N/c1-4-12-36(13-5-1)37-20-22-38(23-21-37)39-24-29-45(30-25-39)51(44-17-8-3-9-18-44)46-31-26-40(27-32-46)42-28-33-48-47-19-11-10-16-43(47)35-49(50(48)34-42)41-14-6-2-7-15-41/h1-35H. The first kappa shape index (κ1) is 30.4. The minimum atomic E-state index is 1.11. The van der Waals surface area contributed by atoms with Crippen molar-refractivity contribution in [2.24, 2.45) is 0 Å². The summed E-state index contributed by atoms with van der Waals surface area (Å²) in [5.74, 6) is 0. The van der Waals surface area contributed by atoms with Crippen LogP contribution in [0.25, 0.3) is 66.1 Å². The van der Waals surface area contributed by atoms with Crippen LogP contribution in [0.1, 0.15) is 0 Å². The van der Waals surface area contributed by atoms with Crippen molar-refractivity contribution < 1.29 is 0 Å². The molecule has 0 radical (unpaired) electrons. The predicted octanol–water partition coefficient (Wildman–Crippen LogP) is 14.1. The second-order valence-corrected chi connectivity index (χ2v) is 13.0. The molecule has 1 nitrogen and oxygen atoms in total. The first-order valence-corrected chi connectivity index (χ1v) is 17.5. The highest BCUT2D eigenvalue weighted by Crippen LogP contribution is 2.39. The van der Waals surface area contributed by atoms with Crippen molar-refractivity contribution in [3.8, 4) is 44.5 Å². The minimum Gasteiger partial charge on any atom is -0.311 e. The molecule has 0 unspecified atom stereocenters. The Labute approximate surface area is 299 Å². The van der Waals surface area contributed by atoms with Gasteiger partial charge in [0.15, 0.2) is 0 Å². The van der Waals surface area contributed by atoms with Crippen molar-refractivity contribution in [3.63, 3.8) is 0 Å². The molecular weight excluding hydrogens is 615 g/mol. The zero-order chi connectivity index (χ0) is 34.0. The third kappa shape index (κ3) is 5.96. The molecule has 51 heavy (non-hydrogen) atoms. The Morgan fingerprint density at radius 3 is 1.24 bits per heavy atom. The Morgan fingerprint density at radius 1 is 0.235 bits per heavy atom. The van der Waals surface area contributed by atoms with E-state index in [2.05, 4.69) is 217 Å². The Hall–Kier alpha value is -6.70.